The number of aromatic nitrogens is 2. The van der Waals surface area contributed by atoms with E-state index in [2.05, 4.69) is 14.9 Å². The van der Waals surface area contributed by atoms with Gasteiger partial charge in [0.25, 0.3) is 11.7 Å². The lowest BCUT2D eigenvalue weighted by molar-refractivity contribution is -0.140. The SMILES string of the molecule is COc1ccccc1[C@@H]1C(=C(O)c2cnc(C)nc2C)C(=O)C(=O)N1CCN1CCOCC1. The Balaban J connectivity index is 1.80. The molecule has 1 atom stereocenters. The average Bonchev–Trinajstić information content (AvgIpc) is 3.07. The van der Waals surface area contributed by atoms with Gasteiger partial charge in [0, 0.05) is 37.9 Å². The van der Waals surface area contributed by atoms with E-state index in [1.807, 2.05) is 18.2 Å². The molecule has 2 aromatic rings. The third-order valence-corrected chi connectivity index (χ3v) is 6.09. The number of aliphatic hydroxyl groups is 1. The number of hydrogen-bond acceptors (Lipinski definition) is 8. The molecule has 9 nitrogen and oxygen atoms in total. The quantitative estimate of drug-likeness (QED) is 0.402. The van der Waals surface area contributed by atoms with E-state index in [1.165, 1.54) is 18.2 Å². The topological polar surface area (TPSA) is 105 Å². The molecule has 1 amide bonds. The summed E-state index contributed by atoms with van der Waals surface area (Å²) in [4.78, 5) is 38.6. The summed E-state index contributed by atoms with van der Waals surface area (Å²) in [7, 11) is 1.54. The first-order valence-corrected chi connectivity index (χ1v) is 10.9. The number of carbonyl (C=O) groups excluding carboxylic acids is 2. The van der Waals surface area contributed by atoms with Gasteiger partial charge >= 0.3 is 0 Å². The van der Waals surface area contributed by atoms with Crippen molar-refractivity contribution >= 4 is 17.4 Å². The molecule has 4 rings (SSSR count). The Hall–Kier alpha value is -3.30. The van der Waals surface area contributed by atoms with Crippen molar-refractivity contribution in [2.45, 2.75) is 19.9 Å². The molecule has 1 aromatic heterocycles. The monoisotopic (exact) mass is 452 g/mol. The molecule has 1 aromatic carbocycles. The molecule has 1 N–H and O–H groups in total. The Morgan fingerprint density at radius 2 is 1.91 bits per heavy atom. The first-order chi connectivity index (χ1) is 15.9. The first kappa shape index (κ1) is 22.9. The molecule has 174 valence electrons. The second kappa shape index (κ2) is 9.68. The highest BCUT2D eigenvalue weighted by atomic mass is 16.5. The van der Waals surface area contributed by atoms with E-state index < -0.39 is 17.7 Å². The summed E-state index contributed by atoms with van der Waals surface area (Å²) in [5.74, 6) is -0.577. The molecule has 3 heterocycles. The van der Waals surface area contributed by atoms with E-state index in [0.29, 0.717) is 54.7 Å². The molecule has 0 unspecified atom stereocenters. The number of benzene rings is 1. The predicted octanol–water partition coefficient (Wildman–Crippen LogP) is 1.86. The molecule has 0 aliphatic carbocycles. The summed E-state index contributed by atoms with van der Waals surface area (Å²) in [5, 5.41) is 11.2. The van der Waals surface area contributed by atoms with E-state index in [1.54, 1.807) is 19.9 Å². The van der Waals surface area contributed by atoms with Gasteiger partial charge in [-0.15, -0.1) is 0 Å². The highest BCUT2D eigenvalue weighted by Crippen LogP contribution is 2.42. The summed E-state index contributed by atoms with van der Waals surface area (Å²) in [5.41, 5.74) is 1.50. The van der Waals surface area contributed by atoms with Crippen molar-refractivity contribution in [1.82, 2.24) is 19.8 Å². The van der Waals surface area contributed by atoms with Gasteiger partial charge in [-0.3, -0.25) is 14.5 Å². The number of hydrogen-bond donors (Lipinski definition) is 1. The molecule has 0 bridgehead atoms. The van der Waals surface area contributed by atoms with Crippen molar-refractivity contribution in [3.05, 3.63) is 58.7 Å². The summed E-state index contributed by atoms with van der Waals surface area (Å²) >= 11 is 0. The van der Waals surface area contributed by atoms with Crippen LogP contribution in [-0.2, 0) is 14.3 Å². The number of aryl methyl sites for hydroxylation is 2. The van der Waals surface area contributed by atoms with E-state index in [0.717, 1.165) is 13.1 Å². The van der Waals surface area contributed by atoms with Crippen molar-refractivity contribution in [1.29, 1.82) is 0 Å². The number of carbonyl (C=O) groups is 2. The van der Waals surface area contributed by atoms with Gasteiger partial charge in [0.1, 0.15) is 17.3 Å². The maximum atomic E-state index is 13.2. The van der Waals surface area contributed by atoms with E-state index in [4.69, 9.17) is 9.47 Å². The average molecular weight is 453 g/mol. The molecule has 33 heavy (non-hydrogen) atoms. The van der Waals surface area contributed by atoms with Crippen LogP contribution >= 0.6 is 0 Å². The number of amides is 1. The fourth-order valence-corrected chi connectivity index (χ4v) is 4.36. The van der Waals surface area contributed by atoms with Crippen LogP contribution in [0.15, 0.2) is 36.0 Å². The van der Waals surface area contributed by atoms with Crippen molar-refractivity contribution in [3.8, 4) is 5.75 Å². The van der Waals surface area contributed by atoms with E-state index >= 15 is 0 Å². The van der Waals surface area contributed by atoms with Crippen molar-refractivity contribution in [3.63, 3.8) is 0 Å². The lowest BCUT2D eigenvalue weighted by Crippen LogP contribution is -2.42. The van der Waals surface area contributed by atoms with Gasteiger partial charge in [-0.05, 0) is 19.9 Å². The van der Waals surface area contributed by atoms with Crippen molar-refractivity contribution in [2.24, 2.45) is 0 Å². The number of ketones is 1. The molecular formula is C24H28N4O5. The number of rotatable bonds is 6. The Morgan fingerprint density at radius 1 is 1.18 bits per heavy atom. The van der Waals surface area contributed by atoms with Crippen LogP contribution in [-0.4, -0.2) is 83.1 Å². The number of likely N-dealkylation sites (tertiary alicyclic amines) is 1. The predicted molar refractivity (Wildman–Crippen MR) is 121 cm³/mol. The largest absolute Gasteiger partial charge is 0.507 e. The molecule has 0 spiro atoms. The molecule has 2 aliphatic rings. The van der Waals surface area contributed by atoms with E-state index in [9.17, 15) is 14.7 Å². The minimum Gasteiger partial charge on any atom is -0.507 e. The molecule has 2 fully saturated rings. The fraction of sp³-hybridized carbons (Fsp3) is 0.417. The zero-order chi connectivity index (χ0) is 23.5. The molecule has 0 saturated carbocycles. The van der Waals surface area contributed by atoms with Crippen LogP contribution in [0.3, 0.4) is 0 Å². The van der Waals surface area contributed by atoms with Crippen LogP contribution in [0.2, 0.25) is 0 Å². The molecule has 0 radical (unpaired) electrons. The highest BCUT2D eigenvalue weighted by Gasteiger charge is 2.47. The van der Waals surface area contributed by atoms with Gasteiger partial charge in [-0.1, -0.05) is 18.2 Å². The smallest absolute Gasteiger partial charge is 0.295 e. The van der Waals surface area contributed by atoms with Crippen LogP contribution in [0.4, 0.5) is 0 Å². The van der Waals surface area contributed by atoms with Crippen molar-refractivity contribution in [2.75, 3.05) is 46.5 Å². The van der Waals surface area contributed by atoms with Crippen LogP contribution in [0.5, 0.6) is 5.75 Å². The number of nitrogens with zero attached hydrogens (tertiary/aromatic N) is 4. The lowest BCUT2D eigenvalue weighted by Gasteiger charge is -2.31. The van der Waals surface area contributed by atoms with Crippen LogP contribution < -0.4 is 4.74 Å². The minimum absolute atomic E-state index is 0.0158. The van der Waals surface area contributed by atoms with Gasteiger partial charge in [-0.25, -0.2) is 9.97 Å². The van der Waals surface area contributed by atoms with Gasteiger partial charge in [0.05, 0.1) is 43.2 Å². The number of Topliss-reactive ketones (excluding diaryl/α,β-unsaturated/α-hetero) is 1. The van der Waals surface area contributed by atoms with Gasteiger partial charge in [0.2, 0.25) is 0 Å². The number of methoxy groups -OCH3 is 1. The number of aliphatic hydroxyl groups excluding tert-OH is 1. The zero-order valence-corrected chi connectivity index (χ0v) is 19.1. The van der Waals surface area contributed by atoms with E-state index in [-0.39, 0.29) is 11.3 Å². The summed E-state index contributed by atoms with van der Waals surface area (Å²) in [6.45, 7) is 7.21. The summed E-state index contributed by atoms with van der Waals surface area (Å²) in [6, 6.07) is 6.43. The van der Waals surface area contributed by atoms with Crippen LogP contribution in [0, 0.1) is 13.8 Å². The molecule has 9 heteroatoms. The van der Waals surface area contributed by atoms with Gasteiger partial charge < -0.3 is 19.5 Å². The number of para-hydroxylation sites is 1. The molecule has 2 aliphatic heterocycles. The third-order valence-electron chi connectivity index (χ3n) is 6.09. The second-order valence-corrected chi connectivity index (χ2v) is 8.10. The number of morpholine rings is 1. The van der Waals surface area contributed by atoms with Crippen LogP contribution in [0.1, 0.15) is 28.7 Å². The summed E-state index contributed by atoms with van der Waals surface area (Å²) in [6.07, 6.45) is 1.48. The van der Waals surface area contributed by atoms with Crippen molar-refractivity contribution < 1.29 is 24.2 Å². The Bertz CT molecular complexity index is 1090. The maximum absolute atomic E-state index is 13.2. The fourth-order valence-electron chi connectivity index (χ4n) is 4.36. The second-order valence-electron chi connectivity index (χ2n) is 8.10. The molecular weight excluding hydrogens is 424 g/mol. The Morgan fingerprint density at radius 3 is 2.61 bits per heavy atom. The Kier molecular flexibility index (Phi) is 6.71. The Labute approximate surface area is 192 Å². The number of ether oxygens (including phenoxy) is 2. The molecule has 2 saturated heterocycles. The highest BCUT2D eigenvalue weighted by molar-refractivity contribution is 6.46. The van der Waals surface area contributed by atoms with Crippen LogP contribution in [0.25, 0.3) is 5.76 Å². The first-order valence-electron chi connectivity index (χ1n) is 10.9. The standard InChI is InChI=1S/C24H28N4O5/c1-15-18(14-25-16(2)26-15)22(29)20-21(17-6-4-5-7-19(17)32-3)28(24(31)23(20)30)9-8-27-10-12-33-13-11-27/h4-7,14,21,29H,8-13H2,1-3H3/t21-/m1/s1. The normalized spacial score (nSPS) is 20.9. The zero-order valence-electron chi connectivity index (χ0n) is 19.1. The summed E-state index contributed by atoms with van der Waals surface area (Å²) < 4.78 is 10.9. The minimum atomic E-state index is -0.789. The third kappa shape index (κ3) is 4.46. The maximum Gasteiger partial charge on any atom is 0.295 e. The van der Waals surface area contributed by atoms with Gasteiger partial charge in [-0.2, -0.15) is 0 Å². The van der Waals surface area contributed by atoms with Gasteiger partial charge in [0.15, 0.2) is 0 Å². The lowest BCUT2D eigenvalue weighted by atomic mass is 9.94.